The van der Waals surface area contributed by atoms with Crippen LogP contribution in [0.1, 0.15) is 45.1 Å². The standard InChI is InChI=1S/C22H30N2O2/c1-17(2)15-24-14-8-11-19(24)16-26-22(25)23-21-13-7-6-12-20(21)18-9-4-3-5-10-18/h4,6-7,9-10,12-13,17,19H,3,5,8,11,14-16H2,1-2H3,(H,23,25). The molecule has 1 saturated heterocycles. The summed E-state index contributed by atoms with van der Waals surface area (Å²) in [5, 5.41) is 2.93. The molecule has 1 N–H and O–H groups in total. The molecule has 0 saturated carbocycles. The van der Waals surface area contributed by atoms with Gasteiger partial charge in [-0.05, 0) is 49.8 Å². The Hall–Kier alpha value is -2.07. The molecule has 1 aromatic rings. The predicted octanol–water partition coefficient (Wildman–Crippen LogP) is 5.09. The van der Waals surface area contributed by atoms with E-state index in [2.05, 4.69) is 42.3 Å². The van der Waals surface area contributed by atoms with Gasteiger partial charge in [0.05, 0.1) is 5.69 Å². The highest BCUT2D eigenvalue weighted by molar-refractivity contribution is 5.91. The van der Waals surface area contributed by atoms with Crippen molar-refractivity contribution in [3.63, 3.8) is 0 Å². The molecule has 3 rings (SSSR count). The number of nitrogens with zero attached hydrogens (tertiary/aromatic N) is 1. The third kappa shape index (κ3) is 4.98. The Morgan fingerprint density at radius 3 is 2.92 bits per heavy atom. The highest BCUT2D eigenvalue weighted by atomic mass is 16.5. The molecule has 1 unspecified atom stereocenters. The van der Waals surface area contributed by atoms with Crippen LogP contribution in [0.5, 0.6) is 0 Å². The first-order chi connectivity index (χ1) is 12.6. The number of nitrogens with one attached hydrogen (secondary N) is 1. The number of carbonyl (C=O) groups is 1. The molecule has 0 aromatic heterocycles. The summed E-state index contributed by atoms with van der Waals surface area (Å²) in [6, 6.07) is 8.26. The third-order valence-electron chi connectivity index (χ3n) is 4.98. The number of carbonyl (C=O) groups excluding carboxylic acids is 1. The number of amides is 1. The van der Waals surface area contributed by atoms with Gasteiger partial charge in [-0.15, -0.1) is 0 Å². The van der Waals surface area contributed by atoms with Crippen LogP contribution in [0, 0.1) is 5.92 Å². The number of benzene rings is 1. The van der Waals surface area contributed by atoms with E-state index >= 15 is 0 Å². The van der Waals surface area contributed by atoms with Crippen LogP contribution in [0.25, 0.3) is 5.57 Å². The average Bonchev–Trinajstić information content (AvgIpc) is 3.07. The van der Waals surface area contributed by atoms with Crippen LogP contribution in [-0.4, -0.2) is 36.7 Å². The minimum atomic E-state index is -0.366. The first-order valence-electron chi connectivity index (χ1n) is 9.77. The fraction of sp³-hybridized carbons (Fsp3) is 0.500. The lowest BCUT2D eigenvalue weighted by molar-refractivity contribution is 0.112. The summed E-state index contributed by atoms with van der Waals surface area (Å²) in [6.45, 7) is 7.10. The Bertz CT molecular complexity index is 678. The van der Waals surface area contributed by atoms with Gasteiger partial charge in [0, 0.05) is 18.2 Å². The van der Waals surface area contributed by atoms with Crippen molar-refractivity contribution in [3.05, 3.63) is 48.1 Å². The fourth-order valence-corrected chi connectivity index (χ4v) is 3.77. The second-order valence-electron chi connectivity index (χ2n) is 7.59. The minimum Gasteiger partial charge on any atom is -0.448 e. The lowest BCUT2D eigenvalue weighted by Crippen LogP contribution is -2.36. The SMILES string of the molecule is CC(C)CN1CCCC1COC(=O)Nc1ccccc1C1=CCCC=C1. The molecular formula is C22H30N2O2. The molecule has 1 aromatic carbocycles. The third-order valence-corrected chi connectivity index (χ3v) is 4.98. The zero-order valence-electron chi connectivity index (χ0n) is 15.9. The molecule has 2 aliphatic rings. The number of para-hydroxylation sites is 1. The maximum Gasteiger partial charge on any atom is 0.411 e. The maximum atomic E-state index is 12.3. The van der Waals surface area contributed by atoms with Crippen molar-refractivity contribution in [1.29, 1.82) is 0 Å². The first-order valence-corrected chi connectivity index (χ1v) is 9.77. The highest BCUT2D eigenvalue weighted by Crippen LogP contribution is 2.28. The van der Waals surface area contributed by atoms with E-state index in [1.807, 2.05) is 24.3 Å². The van der Waals surface area contributed by atoms with E-state index in [0.717, 1.165) is 49.2 Å². The van der Waals surface area contributed by atoms with Crippen molar-refractivity contribution in [3.8, 4) is 0 Å². The molecule has 0 radical (unpaired) electrons. The summed E-state index contributed by atoms with van der Waals surface area (Å²) in [5.41, 5.74) is 3.01. The van der Waals surface area contributed by atoms with Crippen LogP contribution in [-0.2, 0) is 4.74 Å². The number of ether oxygens (including phenoxy) is 1. The van der Waals surface area contributed by atoms with E-state index in [1.54, 1.807) is 0 Å². The summed E-state index contributed by atoms with van der Waals surface area (Å²) in [5.74, 6) is 0.633. The maximum absolute atomic E-state index is 12.3. The molecule has 140 valence electrons. The summed E-state index contributed by atoms with van der Waals surface area (Å²) < 4.78 is 5.55. The minimum absolute atomic E-state index is 0.349. The molecule has 0 spiro atoms. The van der Waals surface area contributed by atoms with Crippen LogP contribution < -0.4 is 5.32 Å². The first kappa shape index (κ1) is 18.7. The largest absolute Gasteiger partial charge is 0.448 e. The zero-order valence-corrected chi connectivity index (χ0v) is 15.9. The van der Waals surface area contributed by atoms with Crippen molar-refractivity contribution in [2.75, 3.05) is 25.0 Å². The summed E-state index contributed by atoms with van der Waals surface area (Å²) in [6.07, 6.45) is 10.6. The average molecular weight is 354 g/mol. The van der Waals surface area contributed by atoms with Gasteiger partial charge in [0.2, 0.25) is 0 Å². The van der Waals surface area contributed by atoms with E-state index in [-0.39, 0.29) is 6.09 Å². The molecule has 1 aliphatic carbocycles. The van der Waals surface area contributed by atoms with Gasteiger partial charge in [-0.25, -0.2) is 4.79 Å². The van der Waals surface area contributed by atoms with Crippen LogP contribution >= 0.6 is 0 Å². The van der Waals surface area contributed by atoms with E-state index in [1.165, 1.54) is 6.42 Å². The Balaban J connectivity index is 1.57. The number of hydrogen-bond donors (Lipinski definition) is 1. The number of hydrogen-bond acceptors (Lipinski definition) is 3. The van der Waals surface area contributed by atoms with Crippen LogP contribution in [0.3, 0.4) is 0 Å². The van der Waals surface area contributed by atoms with Crippen molar-refractivity contribution >= 4 is 17.4 Å². The van der Waals surface area contributed by atoms with Gasteiger partial charge in [-0.1, -0.05) is 50.3 Å². The lowest BCUT2D eigenvalue weighted by atomic mass is 9.98. The molecule has 4 heteroatoms. The van der Waals surface area contributed by atoms with Gasteiger partial charge in [0.25, 0.3) is 0 Å². The summed E-state index contributed by atoms with van der Waals surface area (Å²) in [4.78, 5) is 14.8. The summed E-state index contributed by atoms with van der Waals surface area (Å²) >= 11 is 0. The lowest BCUT2D eigenvalue weighted by Gasteiger charge is -2.25. The van der Waals surface area contributed by atoms with Crippen LogP contribution in [0.4, 0.5) is 10.5 Å². The Morgan fingerprint density at radius 2 is 2.15 bits per heavy atom. The number of anilines is 1. The van der Waals surface area contributed by atoms with Crippen LogP contribution in [0.2, 0.25) is 0 Å². The smallest absolute Gasteiger partial charge is 0.411 e. The number of likely N-dealkylation sites (tertiary alicyclic amines) is 1. The Labute approximate surface area is 156 Å². The quantitative estimate of drug-likeness (QED) is 0.774. The van der Waals surface area contributed by atoms with E-state index in [4.69, 9.17) is 4.74 Å². The second kappa shape index (κ2) is 9.04. The molecule has 26 heavy (non-hydrogen) atoms. The molecule has 0 bridgehead atoms. The predicted molar refractivity (Wildman–Crippen MR) is 107 cm³/mol. The molecule has 1 heterocycles. The Morgan fingerprint density at radius 1 is 1.31 bits per heavy atom. The molecule has 1 fully saturated rings. The van der Waals surface area contributed by atoms with Gasteiger partial charge >= 0.3 is 6.09 Å². The van der Waals surface area contributed by atoms with Crippen molar-refractivity contribution in [2.24, 2.45) is 5.92 Å². The van der Waals surface area contributed by atoms with Gasteiger partial charge in [0.1, 0.15) is 6.61 Å². The highest BCUT2D eigenvalue weighted by Gasteiger charge is 2.26. The van der Waals surface area contributed by atoms with Crippen molar-refractivity contribution < 1.29 is 9.53 Å². The zero-order chi connectivity index (χ0) is 18.4. The second-order valence-corrected chi connectivity index (χ2v) is 7.59. The molecule has 1 aliphatic heterocycles. The van der Waals surface area contributed by atoms with Gasteiger partial charge in [-0.3, -0.25) is 10.2 Å². The normalized spacial score (nSPS) is 20.3. The monoisotopic (exact) mass is 354 g/mol. The van der Waals surface area contributed by atoms with Crippen molar-refractivity contribution in [1.82, 2.24) is 4.90 Å². The van der Waals surface area contributed by atoms with E-state index in [0.29, 0.717) is 18.6 Å². The molecule has 4 nitrogen and oxygen atoms in total. The van der Waals surface area contributed by atoms with E-state index in [9.17, 15) is 4.79 Å². The fourth-order valence-electron chi connectivity index (χ4n) is 3.77. The molecule has 1 amide bonds. The number of rotatable bonds is 6. The van der Waals surface area contributed by atoms with Gasteiger partial charge in [0.15, 0.2) is 0 Å². The van der Waals surface area contributed by atoms with Crippen LogP contribution in [0.15, 0.2) is 42.5 Å². The van der Waals surface area contributed by atoms with E-state index < -0.39 is 0 Å². The molecule has 1 atom stereocenters. The van der Waals surface area contributed by atoms with Crippen molar-refractivity contribution in [2.45, 2.75) is 45.6 Å². The Kier molecular flexibility index (Phi) is 6.51. The van der Waals surface area contributed by atoms with Gasteiger partial charge in [-0.2, -0.15) is 0 Å². The van der Waals surface area contributed by atoms with Gasteiger partial charge < -0.3 is 4.74 Å². The summed E-state index contributed by atoms with van der Waals surface area (Å²) in [7, 11) is 0. The topological polar surface area (TPSA) is 41.6 Å². The molecular weight excluding hydrogens is 324 g/mol. The number of allylic oxidation sites excluding steroid dienone is 4.